The summed E-state index contributed by atoms with van der Waals surface area (Å²) in [4.78, 5) is 25.7. The fourth-order valence-electron chi connectivity index (χ4n) is 2.67. The summed E-state index contributed by atoms with van der Waals surface area (Å²) in [5.74, 6) is 0.306. The van der Waals surface area contributed by atoms with Crippen LogP contribution in [0.1, 0.15) is 32.8 Å². The topological polar surface area (TPSA) is 81.7 Å². The Morgan fingerprint density at radius 2 is 1.96 bits per heavy atom. The number of carbonyl (C=O) groups excluding carboxylic acids is 2. The van der Waals surface area contributed by atoms with Crippen molar-refractivity contribution in [3.05, 3.63) is 29.8 Å². The molecular formula is C17H25N3O3. The van der Waals surface area contributed by atoms with Crippen molar-refractivity contribution in [2.45, 2.75) is 45.2 Å². The molecule has 1 saturated heterocycles. The van der Waals surface area contributed by atoms with Crippen LogP contribution in [0.15, 0.2) is 24.3 Å². The summed E-state index contributed by atoms with van der Waals surface area (Å²) < 4.78 is 0. The van der Waals surface area contributed by atoms with Crippen molar-refractivity contribution in [2.75, 3.05) is 13.1 Å². The van der Waals surface area contributed by atoms with E-state index in [1.807, 2.05) is 32.9 Å². The minimum atomic E-state index is -0.252. The molecule has 6 heteroatoms. The Bertz CT molecular complexity index is 563. The first kappa shape index (κ1) is 17.1. The number of rotatable bonds is 4. The van der Waals surface area contributed by atoms with Crippen molar-refractivity contribution in [3.8, 4) is 5.75 Å². The van der Waals surface area contributed by atoms with E-state index >= 15 is 0 Å². The van der Waals surface area contributed by atoms with Crippen LogP contribution >= 0.6 is 0 Å². The van der Waals surface area contributed by atoms with Gasteiger partial charge in [0.25, 0.3) is 0 Å². The number of benzene rings is 1. The standard InChI is InChI=1S/C17H25N3O3/c1-17(2,3)20-11-13(10-15(20)22)19-16(23)18-9-8-12-4-6-14(21)7-5-12/h4-7,13,21H,8-11H2,1-3H3,(H2,18,19,23). The summed E-state index contributed by atoms with van der Waals surface area (Å²) in [5, 5.41) is 14.9. The van der Waals surface area contributed by atoms with E-state index in [4.69, 9.17) is 0 Å². The highest BCUT2D eigenvalue weighted by Crippen LogP contribution is 2.21. The van der Waals surface area contributed by atoms with Crippen LogP contribution in [0.25, 0.3) is 0 Å². The molecule has 1 atom stereocenters. The molecule has 2 rings (SSSR count). The van der Waals surface area contributed by atoms with Gasteiger partial charge in [-0.1, -0.05) is 12.1 Å². The number of likely N-dealkylation sites (tertiary alicyclic amines) is 1. The fraction of sp³-hybridized carbons (Fsp3) is 0.529. The largest absolute Gasteiger partial charge is 0.508 e. The number of nitrogens with one attached hydrogen (secondary N) is 2. The van der Waals surface area contributed by atoms with E-state index in [2.05, 4.69) is 10.6 Å². The van der Waals surface area contributed by atoms with Crippen LogP contribution in [0.4, 0.5) is 4.79 Å². The molecule has 126 valence electrons. The molecule has 1 aromatic rings. The van der Waals surface area contributed by atoms with Crippen LogP contribution in [0.5, 0.6) is 5.75 Å². The second-order valence-electron chi connectivity index (χ2n) is 6.89. The summed E-state index contributed by atoms with van der Waals surface area (Å²) in [7, 11) is 0. The molecule has 3 amide bonds. The molecule has 0 saturated carbocycles. The number of hydrogen-bond donors (Lipinski definition) is 3. The number of carbonyl (C=O) groups is 2. The van der Waals surface area contributed by atoms with Crippen LogP contribution in [-0.2, 0) is 11.2 Å². The molecule has 6 nitrogen and oxygen atoms in total. The molecule has 1 aliphatic heterocycles. The maximum atomic E-state index is 12.0. The Kier molecular flexibility index (Phi) is 5.13. The van der Waals surface area contributed by atoms with E-state index < -0.39 is 0 Å². The molecule has 1 heterocycles. The van der Waals surface area contributed by atoms with Gasteiger partial charge in [0.1, 0.15) is 5.75 Å². The normalized spacial score (nSPS) is 18.1. The van der Waals surface area contributed by atoms with Gasteiger partial charge in [-0.05, 0) is 44.9 Å². The molecule has 3 N–H and O–H groups in total. The maximum Gasteiger partial charge on any atom is 0.315 e. The minimum absolute atomic E-state index is 0.0758. The molecule has 1 aliphatic rings. The number of nitrogens with zero attached hydrogens (tertiary/aromatic N) is 1. The zero-order valence-electron chi connectivity index (χ0n) is 13.9. The van der Waals surface area contributed by atoms with E-state index in [0.717, 1.165) is 5.56 Å². The Balaban J connectivity index is 1.73. The van der Waals surface area contributed by atoms with Crippen LogP contribution in [0.2, 0.25) is 0 Å². The number of hydrogen-bond acceptors (Lipinski definition) is 3. The maximum absolute atomic E-state index is 12.0. The number of phenolic OH excluding ortho intramolecular Hbond substituents is 1. The van der Waals surface area contributed by atoms with Crippen LogP contribution in [-0.4, -0.2) is 46.6 Å². The van der Waals surface area contributed by atoms with Gasteiger partial charge in [-0.15, -0.1) is 0 Å². The van der Waals surface area contributed by atoms with Crippen LogP contribution in [0.3, 0.4) is 0 Å². The minimum Gasteiger partial charge on any atom is -0.508 e. The third kappa shape index (κ3) is 4.87. The highest BCUT2D eigenvalue weighted by Gasteiger charge is 2.36. The molecule has 23 heavy (non-hydrogen) atoms. The Labute approximate surface area is 136 Å². The third-order valence-electron chi connectivity index (χ3n) is 3.91. The Hall–Kier alpha value is -2.24. The van der Waals surface area contributed by atoms with Gasteiger partial charge in [0.05, 0.1) is 6.04 Å². The molecule has 1 fully saturated rings. The third-order valence-corrected chi connectivity index (χ3v) is 3.91. The first-order chi connectivity index (χ1) is 10.8. The lowest BCUT2D eigenvalue weighted by molar-refractivity contribution is -0.131. The lowest BCUT2D eigenvalue weighted by Gasteiger charge is -2.32. The van der Waals surface area contributed by atoms with Gasteiger partial charge in [-0.25, -0.2) is 4.79 Å². The lowest BCUT2D eigenvalue weighted by atomic mass is 10.1. The van der Waals surface area contributed by atoms with E-state index in [9.17, 15) is 14.7 Å². The van der Waals surface area contributed by atoms with Gasteiger partial charge >= 0.3 is 6.03 Å². The summed E-state index contributed by atoms with van der Waals surface area (Å²) in [6, 6.07) is 6.51. The van der Waals surface area contributed by atoms with Gasteiger partial charge < -0.3 is 20.6 Å². The molecule has 1 unspecified atom stereocenters. The molecule has 1 aromatic carbocycles. The second kappa shape index (κ2) is 6.89. The van der Waals surface area contributed by atoms with E-state index in [0.29, 0.717) is 25.9 Å². The predicted molar refractivity (Wildman–Crippen MR) is 88.2 cm³/mol. The zero-order chi connectivity index (χ0) is 17.0. The number of phenols is 1. The molecule has 0 aromatic heterocycles. The summed E-state index contributed by atoms with van der Waals surface area (Å²) in [6.45, 7) is 7.02. The van der Waals surface area contributed by atoms with E-state index in [-0.39, 0.29) is 29.3 Å². The van der Waals surface area contributed by atoms with Crippen LogP contribution in [0, 0.1) is 0 Å². The van der Waals surface area contributed by atoms with Gasteiger partial charge in [-0.3, -0.25) is 4.79 Å². The fourth-order valence-corrected chi connectivity index (χ4v) is 2.67. The smallest absolute Gasteiger partial charge is 0.315 e. The molecule has 0 bridgehead atoms. The van der Waals surface area contributed by atoms with E-state index in [1.165, 1.54) is 0 Å². The van der Waals surface area contributed by atoms with Crippen molar-refractivity contribution >= 4 is 11.9 Å². The SMILES string of the molecule is CC(C)(C)N1CC(NC(=O)NCCc2ccc(O)cc2)CC1=O. The average molecular weight is 319 g/mol. The van der Waals surface area contributed by atoms with Crippen molar-refractivity contribution in [3.63, 3.8) is 0 Å². The van der Waals surface area contributed by atoms with Gasteiger partial charge in [0, 0.05) is 25.0 Å². The van der Waals surface area contributed by atoms with Crippen molar-refractivity contribution in [1.29, 1.82) is 0 Å². The Morgan fingerprint density at radius 1 is 1.30 bits per heavy atom. The molecular weight excluding hydrogens is 294 g/mol. The molecule has 0 aliphatic carbocycles. The molecule has 0 spiro atoms. The number of aromatic hydroxyl groups is 1. The predicted octanol–water partition coefficient (Wildman–Crippen LogP) is 1.63. The first-order valence-electron chi connectivity index (χ1n) is 7.88. The second-order valence-corrected chi connectivity index (χ2v) is 6.89. The Morgan fingerprint density at radius 3 is 2.52 bits per heavy atom. The van der Waals surface area contributed by atoms with Crippen LogP contribution < -0.4 is 10.6 Å². The highest BCUT2D eigenvalue weighted by molar-refractivity contribution is 5.82. The van der Waals surface area contributed by atoms with Gasteiger partial charge in [0.2, 0.25) is 5.91 Å². The average Bonchev–Trinajstić information content (AvgIpc) is 2.82. The van der Waals surface area contributed by atoms with Crippen molar-refractivity contribution in [2.24, 2.45) is 0 Å². The number of urea groups is 1. The van der Waals surface area contributed by atoms with Crippen molar-refractivity contribution < 1.29 is 14.7 Å². The quantitative estimate of drug-likeness (QED) is 0.789. The summed E-state index contributed by atoms with van der Waals surface area (Å²) in [5.41, 5.74) is 0.820. The van der Waals surface area contributed by atoms with Crippen molar-refractivity contribution in [1.82, 2.24) is 15.5 Å². The van der Waals surface area contributed by atoms with Gasteiger partial charge in [0.15, 0.2) is 0 Å². The highest BCUT2D eigenvalue weighted by atomic mass is 16.3. The monoisotopic (exact) mass is 319 g/mol. The summed E-state index contributed by atoms with van der Waals surface area (Å²) in [6.07, 6.45) is 1.04. The molecule has 0 radical (unpaired) electrons. The zero-order valence-corrected chi connectivity index (χ0v) is 13.9. The van der Waals surface area contributed by atoms with E-state index in [1.54, 1.807) is 17.0 Å². The summed E-state index contributed by atoms with van der Waals surface area (Å²) >= 11 is 0. The lowest BCUT2D eigenvalue weighted by Crippen LogP contribution is -2.46. The number of amides is 3. The first-order valence-corrected chi connectivity index (χ1v) is 7.88. The van der Waals surface area contributed by atoms with Gasteiger partial charge in [-0.2, -0.15) is 0 Å².